The summed E-state index contributed by atoms with van der Waals surface area (Å²) in [7, 11) is 7.97. The summed E-state index contributed by atoms with van der Waals surface area (Å²) in [6, 6.07) is 6.68. The number of aliphatic imine (C=N–C) groups is 1. The van der Waals surface area contributed by atoms with Crippen LogP contribution in [-0.4, -0.2) is 69.2 Å². The Bertz CT molecular complexity index is 556. The first kappa shape index (κ1) is 18.7. The molecule has 1 aromatic rings. The normalized spacial score (nSPS) is 17.8. The van der Waals surface area contributed by atoms with Gasteiger partial charge in [-0.2, -0.15) is 0 Å². The third-order valence-electron chi connectivity index (χ3n) is 4.83. The molecule has 1 aromatic carbocycles. The SMILES string of the molecule is CN=C(NCC1(N(C)C)CCOCC1)N(C)Cc1cccc(F)c1. The van der Waals surface area contributed by atoms with Gasteiger partial charge in [-0.05, 0) is 44.6 Å². The first-order valence-electron chi connectivity index (χ1n) is 8.38. The maximum atomic E-state index is 13.3. The summed E-state index contributed by atoms with van der Waals surface area (Å²) in [6.45, 7) is 2.99. The Labute approximate surface area is 144 Å². The molecule has 1 aliphatic rings. The van der Waals surface area contributed by atoms with Crippen LogP contribution in [-0.2, 0) is 11.3 Å². The summed E-state index contributed by atoms with van der Waals surface area (Å²) >= 11 is 0. The lowest BCUT2D eigenvalue weighted by atomic mass is 9.88. The molecular formula is C18H29FN4O. The van der Waals surface area contributed by atoms with Gasteiger partial charge in [0.1, 0.15) is 5.82 Å². The highest BCUT2D eigenvalue weighted by Gasteiger charge is 2.35. The smallest absolute Gasteiger partial charge is 0.193 e. The van der Waals surface area contributed by atoms with E-state index in [2.05, 4.69) is 29.3 Å². The molecule has 1 aliphatic heterocycles. The van der Waals surface area contributed by atoms with Crippen molar-refractivity contribution in [3.63, 3.8) is 0 Å². The monoisotopic (exact) mass is 336 g/mol. The van der Waals surface area contributed by atoms with E-state index in [-0.39, 0.29) is 11.4 Å². The van der Waals surface area contributed by atoms with E-state index in [1.165, 1.54) is 6.07 Å². The maximum Gasteiger partial charge on any atom is 0.193 e. The number of halogens is 1. The van der Waals surface area contributed by atoms with Gasteiger partial charge >= 0.3 is 0 Å². The zero-order chi connectivity index (χ0) is 17.6. The summed E-state index contributed by atoms with van der Waals surface area (Å²) in [5, 5.41) is 3.48. The van der Waals surface area contributed by atoms with Crippen molar-refractivity contribution in [2.24, 2.45) is 4.99 Å². The van der Waals surface area contributed by atoms with Crippen molar-refractivity contribution < 1.29 is 9.13 Å². The molecule has 2 rings (SSSR count). The molecule has 134 valence electrons. The summed E-state index contributed by atoms with van der Waals surface area (Å²) in [4.78, 5) is 8.66. The van der Waals surface area contributed by atoms with Gasteiger partial charge in [-0.3, -0.25) is 4.99 Å². The van der Waals surface area contributed by atoms with Crippen LogP contribution in [0.4, 0.5) is 4.39 Å². The van der Waals surface area contributed by atoms with Crippen LogP contribution in [0.5, 0.6) is 0 Å². The Morgan fingerprint density at radius 2 is 2.00 bits per heavy atom. The highest BCUT2D eigenvalue weighted by atomic mass is 19.1. The van der Waals surface area contributed by atoms with Crippen LogP contribution >= 0.6 is 0 Å². The Morgan fingerprint density at radius 3 is 2.58 bits per heavy atom. The van der Waals surface area contributed by atoms with Crippen molar-refractivity contribution in [3.8, 4) is 0 Å². The predicted molar refractivity (Wildman–Crippen MR) is 95.7 cm³/mol. The minimum atomic E-state index is -0.211. The Hall–Kier alpha value is -1.66. The van der Waals surface area contributed by atoms with Gasteiger partial charge in [0.15, 0.2) is 5.96 Å². The number of nitrogens with one attached hydrogen (secondary N) is 1. The molecule has 0 unspecified atom stereocenters. The fourth-order valence-electron chi connectivity index (χ4n) is 3.15. The summed E-state index contributed by atoms with van der Waals surface area (Å²) < 4.78 is 18.9. The number of guanidine groups is 1. The van der Waals surface area contributed by atoms with Gasteiger partial charge < -0.3 is 19.9 Å². The molecule has 24 heavy (non-hydrogen) atoms. The lowest BCUT2D eigenvalue weighted by molar-refractivity contribution is -0.00522. The summed E-state index contributed by atoms with van der Waals surface area (Å²) in [5.41, 5.74) is 1.00. The average Bonchev–Trinajstić information content (AvgIpc) is 2.56. The molecule has 0 aromatic heterocycles. The van der Waals surface area contributed by atoms with Crippen LogP contribution < -0.4 is 5.32 Å². The largest absolute Gasteiger partial charge is 0.381 e. The van der Waals surface area contributed by atoms with Crippen molar-refractivity contribution in [1.82, 2.24) is 15.1 Å². The fourth-order valence-corrected chi connectivity index (χ4v) is 3.15. The second-order valence-corrected chi connectivity index (χ2v) is 6.62. The van der Waals surface area contributed by atoms with Gasteiger partial charge in [0.2, 0.25) is 0 Å². The van der Waals surface area contributed by atoms with E-state index in [4.69, 9.17) is 4.74 Å². The molecule has 1 heterocycles. The van der Waals surface area contributed by atoms with Crippen LogP contribution in [0.25, 0.3) is 0 Å². The highest BCUT2D eigenvalue weighted by molar-refractivity contribution is 5.79. The van der Waals surface area contributed by atoms with Gasteiger partial charge in [0.05, 0.1) is 0 Å². The highest BCUT2D eigenvalue weighted by Crippen LogP contribution is 2.25. The molecule has 1 fully saturated rings. The lowest BCUT2D eigenvalue weighted by Gasteiger charge is -2.43. The fraction of sp³-hybridized carbons (Fsp3) is 0.611. The number of likely N-dealkylation sites (N-methyl/N-ethyl adjacent to an activating group) is 1. The van der Waals surface area contributed by atoms with Gasteiger partial charge in [-0.25, -0.2) is 4.39 Å². The van der Waals surface area contributed by atoms with E-state index in [9.17, 15) is 4.39 Å². The Kier molecular flexibility index (Phi) is 6.57. The molecule has 0 radical (unpaired) electrons. The second-order valence-electron chi connectivity index (χ2n) is 6.62. The van der Waals surface area contributed by atoms with Gasteiger partial charge in [0.25, 0.3) is 0 Å². The van der Waals surface area contributed by atoms with Crippen molar-refractivity contribution in [2.45, 2.75) is 24.9 Å². The van der Waals surface area contributed by atoms with E-state index in [1.807, 2.05) is 18.0 Å². The van der Waals surface area contributed by atoms with Crippen LogP contribution in [0.2, 0.25) is 0 Å². The van der Waals surface area contributed by atoms with Crippen LogP contribution in [0.15, 0.2) is 29.3 Å². The van der Waals surface area contributed by atoms with Gasteiger partial charge in [0, 0.05) is 45.9 Å². The first-order valence-corrected chi connectivity index (χ1v) is 8.38. The predicted octanol–water partition coefficient (Wildman–Crippen LogP) is 1.94. The quantitative estimate of drug-likeness (QED) is 0.659. The van der Waals surface area contributed by atoms with Crippen molar-refractivity contribution in [3.05, 3.63) is 35.6 Å². The summed E-state index contributed by atoms with van der Waals surface area (Å²) in [5.74, 6) is 0.601. The first-order chi connectivity index (χ1) is 11.5. The van der Waals surface area contributed by atoms with Crippen molar-refractivity contribution in [1.29, 1.82) is 0 Å². The minimum Gasteiger partial charge on any atom is -0.381 e. The van der Waals surface area contributed by atoms with E-state index in [0.29, 0.717) is 6.54 Å². The summed E-state index contributed by atoms with van der Waals surface area (Å²) in [6.07, 6.45) is 2.00. The number of rotatable bonds is 5. The topological polar surface area (TPSA) is 40.1 Å². The molecule has 0 atom stereocenters. The number of nitrogens with zero attached hydrogens (tertiary/aromatic N) is 3. The molecule has 0 amide bonds. The van der Waals surface area contributed by atoms with Crippen molar-refractivity contribution in [2.75, 3.05) is 47.9 Å². The second kappa shape index (κ2) is 8.44. The zero-order valence-electron chi connectivity index (χ0n) is 15.2. The zero-order valence-corrected chi connectivity index (χ0v) is 15.2. The van der Waals surface area contributed by atoms with Crippen LogP contribution in [0, 0.1) is 5.82 Å². The van der Waals surface area contributed by atoms with Crippen LogP contribution in [0.3, 0.4) is 0 Å². The molecule has 0 saturated carbocycles. The standard InChI is InChI=1S/C18H29FN4O/c1-20-17(23(4)13-15-6-5-7-16(19)12-15)21-14-18(22(2)3)8-10-24-11-9-18/h5-7,12H,8-11,13-14H2,1-4H3,(H,20,21). The van der Waals surface area contributed by atoms with Crippen molar-refractivity contribution >= 4 is 5.96 Å². The Morgan fingerprint density at radius 1 is 1.29 bits per heavy atom. The maximum absolute atomic E-state index is 13.3. The van der Waals surface area contributed by atoms with E-state index in [0.717, 1.165) is 44.1 Å². The van der Waals surface area contributed by atoms with E-state index >= 15 is 0 Å². The Balaban J connectivity index is 1.98. The molecular weight excluding hydrogens is 307 g/mol. The molecule has 0 bridgehead atoms. The molecule has 1 saturated heterocycles. The molecule has 5 nitrogen and oxygen atoms in total. The third-order valence-corrected chi connectivity index (χ3v) is 4.83. The van der Waals surface area contributed by atoms with Gasteiger partial charge in [-0.15, -0.1) is 0 Å². The minimum absolute atomic E-state index is 0.0773. The molecule has 0 spiro atoms. The molecule has 6 heteroatoms. The number of benzene rings is 1. The third kappa shape index (κ3) is 4.68. The van der Waals surface area contributed by atoms with Gasteiger partial charge in [-0.1, -0.05) is 12.1 Å². The number of hydrogen-bond donors (Lipinski definition) is 1. The average molecular weight is 336 g/mol. The van der Waals surface area contributed by atoms with E-state index in [1.54, 1.807) is 19.2 Å². The van der Waals surface area contributed by atoms with E-state index < -0.39 is 0 Å². The number of hydrogen-bond acceptors (Lipinski definition) is 3. The number of ether oxygens (including phenoxy) is 1. The lowest BCUT2D eigenvalue weighted by Crippen LogP contribution is -2.57. The molecule has 1 N–H and O–H groups in total. The van der Waals surface area contributed by atoms with Crippen LogP contribution in [0.1, 0.15) is 18.4 Å². The molecule has 0 aliphatic carbocycles.